The van der Waals surface area contributed by atoms with Gasteiger partial charge in [0.2, 0.25) is 0 Å². The number of hydrogen-bond acceptors (Lipinski definition) is 5. The first-order valence-electron chi connectivity index (χ1n) is 12.7. The first-order chi connectivity index (χ1) is 18.0. The Morgan fingerprint density at radius 2 is 1.79 bits per heavy atom. The van der Waals surface area contributed by atoms with E-state index in [2.05, 4.69) is 60.0 Å². The van der Waals surface area contributed by atoms with Gasteiger partial charge in [-0.15, -0.1) is 0 Å². The molecule has 2 aromatic carbocycles. The molecule has 1 fully saturated rings. The van der Waals surface area contributed by atoms with E-state index >= 15 is 0 Å². The summed E-state index contributed by atoms with van der Waals surface area (Å²) in [4.78, 5) is 21.7. The number of nitrogens with one attached hydrogen (secondary N) is 1. The van der Waals surface area contributed by atoms with Gasteiger partial charge in [-0.25, -0.2) is 4.99 Å². The van der Waals surface area contributed by atoms with E-state index in [0.717, 1.165) is 56.6 Å². The quantitative estimate of drug-likeness (QED) is 0.403. The molecule has 0 spiro atoms. The minimum absolute atomic E-state index is 0.302. The fraction of sp³-hybridized carbons (Fsp3) is 0.414. The minimum atomic E-state index is -4.33. The van der Waals surface area contributed by atoms with Gasteiger partial charge in [-0.3, -0.25) is 9.79 Å². The molecule has 2 aliphatic heterocycles. The number of carboxylic acid groups (broad SMARTS) is 1. The number of aryl methyl sites for hydroxylation is 1. The second-order valence-electron chi connectivity index (χ2n) is 9.62. The fourth-order valence-corrected chi connectivity index (χ4v) is 4.76. The Labute approximate surface area is 222 Å². The number of likely N-dealkylation sites (tertiary alicyclic amines) is 1. The maximum Gasteiger partial charge on any atom is 0.416 e. The third-order valence-corrected chi connectivity index (χ3v) is 6.94. The van der Waals surface area contributed by atoms with Crippen LogP contribution in [0.15, 0.2) is 58.1 Å². The van der Waals surface area contributed by atoms with Crippen LogP contribution in [0.2, 0.25) is 0 Å². The number of aliphatic carboxylic acids is 1. The topological polar surface area (TPSA) is 77.3 Å². The molecular weight excluding hydrogens is 493 g/mol. The van der Waals surface area contributed by atoms with Gasteiger partial charge in [0.05, 0.1) is 16.9 Å². The summed E-state index contributed by atoms with van der Waals surface area (Å²) in [6.45, 7) is 9.34. The molecule has 0 atom stereocenters. The maximum atomic E-state index is 12.3. The number of nitrogens with zero attached hydrogens (tertiary/aromatic N) is 3. The number of anilines is 1. The molecule has 204 valence electrons. The van der Waals surface area contributed by atoms with Gasteiger partial charge in [0.25, 0.3) is 0 Å². The van der Waals surface area contributed by atoms with Gasteiger partial charge in [-0.05, 0) is 75.1 Å². The molecule has 2 aliphatic rings. The molecule has 4 rings (SSSR count). The minimum Gasteiger partial charge on any atom is -0.481 e. The van der Waals surface area contributed by atoms with Crippen molar-refractivity contribution in [1.29, 1.82) is 0 Å². The highest BCUT2D eigenvalue weighted by atomic mass is 19.4. The molecule has 2 N–H and O–H groups in total. The molecule has 9 heteroatoms. The van der Waals surface area contributed by atoms with Gasteiger partial charge < -0.3 is 15.3 Å². The van der Waals surface area contributed by atoms with E-state index in [-0.39, 0.29) is 0 Å². The number of halogens is 3. The lowest BCUT2D eigenvalue weighted by Crippen LogP contribution is -2.39. The molecule has 0 unspecified atom stereocenters. The van der Waals surface area contributed by atoms with Gasteiger partial charge in [-0.2, -0.15) is 13.2 Å². The summed E-state index contributed by atoms with van der Waals surface area (Å²) in [6.07, 6.45) is -0.104. The Morgan fingerprint density at radius 3 is 2.32 bits per heavy atom. The Bertz CT molecular complexity index is 1200. The van der Waals surface area contributed by atoms with Crippen LogP contribution in [0.5, 0.6) is 0 Å². The lowest BCUT2D eigenvalue weighted by Gasteiger charge is -2.35. The van der Waals surface area contributed by atoms with E-state index in [4.69, 9.17) is 10.1 Å². The van der Waals surface area contributed by atoms with Crippen LogP contribution in [0.25, 0.3) is 5.57 Å². The smallest absolute Gasteiger partial charge is 0.416 e. The predicted octanol–water partition coefficient (Wildman–Crippen LogP) is 7.18. The molecule has 0 aromatic heterocycles. The molecule has 2 heterocycles. The summed E-state index contributed by atoms with van der Waals surface area (Å²) < 4.78 is 36.8. The van der Waals surface area contributed by atoms with Crippen LogP contribution in [0.1, 0.15) is 55.7 Å². The first-order valence-corrected chi connectivity index (χ1v) is 12.7. The van der Waals surface area contributed by atoms with Gasteiger partial charge >= 0.3 is 12.1 Å². The maximum absolute atomic E-state index is 12.3. The van der Waals surface area contributed by atoms with Crippen LogP contribution >= 0.6 is 0 Å². The van der Waals surface area contributed by atoms with Gasteiger partial charge in [0.15, 0.2) is 0 Å². The number of hydrogen-bond donors (Lipinski definition) is 2. The van der Waals surface area contributed by atoms with Crippen LogP contribution in [-0.2, 0) is 11.0 Å². The van der Waals surface area contributed by atoms with Crippen molar-refractivity contribution in [2.75, 3.05) is 25.5 Å². The summed E-state index contributed by atoms with van der Waals surface area (Å²) in [5.74, 6) is 0.824. The molecule has 38 heavy (non-hydrogen) atoms. The lowest BCUT2D eigenvalue weighted by atomic mass is 9.92. The average Bonchev–Trinajstić information content (AvgIpc) is 2.89. The second kappa shape index (κ2) is 12.8. The number of piperidine rings is 1. The largest absolute Gasteiger partial charge is 0.481 e. The lowest BCUT2D eigenvalue weighted by molar-refractivity contribution is -0.139. The van der Waals surface area contributed by atoms with Crippen LogP contribution in [0.3, 0.4) is 0 Å². The third kappa shape index (κ3) is 7.69. The third-order valence-electron chi connectivity index (χ3n) is 6.94. The van der Waals surface area contributed by atoms with Crippen molar-refractivity contribution in [1.82, 2.24) is 4.90 Å². The van der Waals surface area contributed by atoms with Crippen LogP contribution < -0.4 is 5.32 Å². The SMILES string of the molecule is C=Nc1ccc(C(F)(F)F)cc1NC.CC1=C(c2ccc(C)cc2)CCC(N2CCC(CC(=O)O)CC2)=N1. The molecule has 6 nitrogen and oxygen atoms in total. The van der Waals surface area contributed by atoms with Crippen molar-refractivity contribution in [2.24, 2.45) is 15.9 Å². The monoisotopic (exact) mass is 528 g/mol. The summed E-state index contributed by atoms with van der Waals surface area (Å²) in [7, 11) is 1.53. The Hall–Kier alpha value is -3.62. The van der Waals surface area contributed by atoms with Gasteiger partial charge in [0, 0.05) is 38.7 Å². The highest BCUT2D eigenvalue weighted by Gasteiger charge is 2.31. The Morgan fingerprint density at radius 1 is 1.13 bits per heavy atom. The predicted molar refractivity (Wildman–Crippen MR) is 147 cm³/mol. The van der Waals surface area contributed by atoms with Crippen molar-refractivity contribution in [3.63, 3.8) is 0 Å². The molecule has 2 aromatic rings. The number of carbonyl (C=O) groups is 1. The Balaban J connectivity index is 0.000000244. The highest BCUT2D eigenvalue weighted by Crippen LogP contribution is 2.35. The van der Waals surface area contributed by atoms with Crippen LogP contribution in [0.4, 0.5) is 24.5 Å². The van der Waals surface area contributed by atoms with E-state index in [9.17, 15) is 18.0 Å². The van der Waals surface area contributed by atoms with Gasteiger partial charge in [-0.1, -0.05) is 29.8 Å². The van der Waals surface area contributed by atoms with E-state index in [0.29, 0.717) is 23.7 Å². The second-order valence-corrected chi connectivity index (χ2v) is 9.62. The zero-order valence-corrected chi connectivity index (χ0v) is 22.1. The fourth-order valence-electron chi connectivity index (χ4n) is 4.76. The van der Waals surface area contributed by atoms with Crippen molar-refractivity contribution in [2.45, 2.75) is 52.1 Å². The van der Waals surface area contributed by atoms with E-state index in [1.807, 2.05) is 0 Å². The molecule has 0 radical (unpaired) electrons. The number of allylic oxidation sites excluding steroid dienone is 2. The first kappa shape index (κ1) is 28.9. The zero-order valence-electron chi connectivity index (χ0n) is 22.1. The van der Waals surface area contributed by atoms with Crippen LogP contribution in [-0.4, -0.2) is 48.7 Å². The highest BCUT2D eigenvalue weighted by molar-refractivity contribution is 5.89. The summed E-state index contributed by atoms with van der Waals surface area (Å²) >= 11 is 0. The van der Waals surface area contributed by atoms with E-state index in [1.54, 1.807) is 0 Å². The summed E-state index contributed by atoms with van der Waals surface area (Å²) in [5.41, 5.74) is 5.04. The molecular formula is C29H35F3N4O2. The van der Waals surface area contributed by atoms with E-state index in [1.165, 1.54) is 35.6 Å². The zero-order chi connectivity index (χ0) is 27.9. The number of carboxylic acids is 1. The van der Waals surface area contributed by atoms with E-state index < -0.39 is 17.7 Å². The molecule has 0 bridgehead atoms. The van der Waals surface area contributed by atoms with Crippen molar-refractivity contribution >= 4 is 35.5 Å². The normalized spacial score (nSPS) is 16.4. The number of rotatable bonds is 5. The molecule has 0 amide bonds. The Kier molecular flexibility index (Phi) is 9.72. The average molecular weight is 529 g/mol. The standard InChI is InChI=1S/C20H26N2O2.C9H9F3N2/c1-14-3-5-17(6-4-14)18-7-8-19(21-15(18)2)22-11-9-16(10-12-22)13-20(23)24;1-13-7-4-3-6(9(10,11)12)5-8(7)14-2/h3-6,16H,7-13H2,1-2H3,(H,23,24);3-5,14H,1H2,2H3. The number of amidine groups is 1. The number of benzene rings is 2. The molecule has 1 saturated heterocycles. The van der Waals surface area contributed by atoms with Gasteiger partial charge in [0.1, 0.15) is 5.84 Å². The van der Waals surface area contributed by atoms with Crippen molar-refractivity contribution in [3.05, 3.63) is 64.9 Å². The molecule has 0 aliphatic carbocycles. The number of aliphatic imine (C=N–C) groups is 2. The van der Waals surface area contributed by atoms with Crippen molar-refractivity contribution in [3.8, 4) is 0 Å². The number of alkyl halides is 3. The summed E-state index contributed by atoms with van der Waals surface area (Å²) in [5, 5.41) is 11.6. The van der Waals surface area contributed by atoms with Crippen LogP contribution in [0, 0.1) is 12.8 Å². The summed E-state index contributed by atoms with van der Waals surface area (Å²) in [6, 6.07) is 11.9. The van der Waals surface area contributed by atoms with Crippen molar-refractivity contribution < 1.29 is 23.1 Å². The molecule has 0 saturated carbocycles.